The Labute approximate surface area is 116 Å². The summed E-state index contributed by atoms with van der Waals surface area (Å²) in [5.74, 6) is 0. The molecule has 118 valence electrons. The minimum Gasteiger partial charge on any atom is -0.336 e. The van der Waals surface area contributed by atoms with Gasteiger partial charge in [-0.1, -0.05) is 0 Å². The summed E-state index contributed by atoms with van der Waals surface area (Å²) in [6.07, 6.45) is -9.90. The lowest BCUT2D eigenvalue weighted by Crippen LogP contribution is -2.34. The second-order valence-electron chi connectivity index (χ2n) is 4.55. The molecule has 9 heteroatoms. The van der Waals surface area contributed by atoms with Gasteiger partial charge in [0.1, 0.15) is 0 Å². The molecule has 1 rings (SSSR count). The maximum atomic E-state index is 12.6. The highest BCUT2D eigenvalue weighted by atomic mass is 19.4. The summed E-state index contributed by atoms with van der Waals surface area (Å²) in [6, 6.07) is -0.342. The van der Waals surface area contributed by atoms with Crippen molar-refractivity contribution in [2.24, 2.45) is 0 Å². The molecule has 0 unspecified atom stereocenters. The van der Waals surface area contributed by atoms with Crippen LogP contribution in [0.25, 0.3) is 0 Å². The third-order valence-corrected chi connectivity index (χ3v) is 2.27. The van der Waals surface area contributed by atoms with Crippen molar-refractivity contribution in [1.82, 2.24) is 5.32 Å². The number of rotatable bonds is 2. The van der Waals surface area contributed by atoms with E-state index in [4.69, 9.17) is 0 Å². The normalized spacial score (nSPS) is 12.4. The number of carbonyl (C=O) groups is 1. The zero-order chi connectivity index (χ0) is 16.4. The molecule has 0 radical (unpaired) electrons. The van der Waals surface area contributed by atoms with Crippen LogP contribution in [-0.4, -0.2) is 12.1 Å². The molecule has 0 aromatic heterocycles. The van der Waals surface area contributed by atoms with Crippen molar-refractivity contribution in [2.75, 3.05) is 5.32 Å². The molecule has 0 heterocycles. The molecule has 0 saturated heterocycles. The Balaban J connectivity index is 3.17. The van der Waals surface area contributed by atoms with E-state index >= 15 is 0 Å². The van der Waals surface area contributed by atoms with E-state index in [-0.39, 0.29) is 12.1 Å². The van der Waals surface area contributed by atoms with E-state index in [1.807, 2.05) is 5.32 Å². The lowest BCUT2D eigenvalue weighted by Gasteiger charge is -2.15. The molecule has 3 nitrogen and oxygen atoms in total. The highest BCUT2D eigenvalue weighted by molar-refractivity contribution is 5.89. The molecule has 0 atom stereocenters. The second kappa shape index (κ2) is 5.82. The summed E-state index contributed by atoms with van der Waals surface area (Å²) in [6.45, 7) is 3.18. The van der Waals surface area contributed by atoms with Gasteiger partial charge in [-0.3, -0.25) is 0 Å². The molecule has 1 aromatic rings. The first kappa shape index (κ1) is 17.1. The average Bonchev–Trinajstić information content (AvgIpc) is 2.24. The lowest BCUT2D eigenvalue weighted by molar-refractivity contribution is -0.143. The van der Waals surface area contributed by atoms with Gasteiger partial charge in [0.2, 0.25) is 0 Å². The molecule has 2 amide bonds. The highest BCUT2D eigenvalue weighted by Crippen LogP contribution is 2.37. The van der Waals surface area contributed by atoms with Crippen LogP contribution in [0.5, 0.6) is 0 Å². The van der Waals surface area contributed by atoms with Gasteiger partial charge in [0.05, 0.1) is 11.1 Å². The van der Waals surface area contributed by atoms with Crippen LogP contribution >= 0.6 is 0 Å². The second-order valence-corrected chi connectivity index (χ2v) is 4.55. The molecule has 0 spiro atoms. The molecule has 21 heavy (non-hydrogen) atoms. The first-order valence-corrected chi connectivity index (χ1v) is 5.76. The van der Waals surface area contributed by atoms with Crippen molar-refractivity contribution in [3.05, 3.63) is 29.3 Å². The predicted octanol–water partition coefficient (Wildman–Crippen LogP) is 4.25. The molecular weight excluding hydrogens is 302 g/mol. The predicted molar refractivity (Wildman–Crippen MR) is 63.7 cm³/mol. The van der Waals surface area contributed by atoms with Gasteiger partial charge in [-0.15, -0.1) is 0 Å². The Morgan fingerprint density at radius 2 is 1.38 bits per heavy atom. The Kier molecular flexibility index (Phi) is 4.75. The summed E-state index contributed by atoms with van der Waals surface area (Å²) in [4.78, 5) is 11.4. The number of amides is 2. The van der Waals surface area contributed by atoms with Crippen molar-refractivity contribution >= 4 is 11.7 Å². The standard InChI is InChI=1S/C12H12F6N2O/c1-6(2)19-10(21)20-9-4-7(11(13,14)15)3-8(5-9)12(16,17)18/h3-6H,1-2H3,(H2,19,20,21). The number of alkyl halides is 6. The monoisotopic (exact) mass is 314 g/mol. The van der Waals surface area contributed by atoms with E-state index in [1.165, 1.54) is 0 Å². The van der Waals surface area contributed by atoms with Crippen LogP contribution in [-0.2, 0) is 12.4 Å². The fourth-order valence-electron chi connectivity index (χ4n) is 1.46. The number of hydrogen-bond acceptors (Lipinski definition) is 1. The Bertz CT molecular complexity index is 489. The van der Waals surface area contributed by atoms with Crippen molar-refractivity contribution < 1.29 is 31.1 Å². The fraction of sp³-hybridized carbons (Fsp3) is 0.417. The fourth-order valence-corrected chi connectivity index (χ4v) is 1.46. The van der Waals surface area contributed by atoms with Gasteiger partial charge in [0, 0.05) is 11.7 Å². The van der Waals surface area contributed by atoms with Crippen LogP contribution in [0.4, 0.5) is 36.8 Å². The zero-order valence-electron chi connectivity index (χ0n) is 11.0. The molecule has 2 N–H and O–H groups in total. The third kappa shape index (κ3) is 5.16. The summed E-state index contributed by atoms with van der Waals surface area (Å²) < 4.78 is 75.5. The van der Waals surface area contributed by atoms with E-state index < -0.39 is 35.2 Å². The number of hydrogen-bond donors (Lipinski definition) is 2. The molecule has 0 aliphatic rings. The van der Waals surface area contributed by atoms with Crippen LogP contribution < -0.4 is 10.6 Å². The maximum Gasteiger partial charge on any atom is 0.416 e. The van der Waals surface area contributed by atoms with Crippen molar-refractivity contribution in [1.29, 1.82) is 0 Å². The number of carbonyl (C=O) groups excluding carboxylic acids is 1. The van der Waals surface area contributed by atoms with Crippen LogP contribution in [0.2, 0.25) is 0 Å². The van der Waals surface area contributed by atoms with Crippen LogP contribution in [0, 0.1) is 0 Å². The van der Waals surface area contributed by atoms with Crippen LogP contribution in [0.1, 0.15) is 25.0 Å². The molecule has 1 aromatic carbocycles. The largest absolute Gasteiger partial charge is 0.416 e. The Morgan fingerprint density at radius 1 is 0.952 bits per heavy atom. The number of halogens is 6. The minimum absolute atomic E-state index is 0.00840. The smallest absolute Gasteiger partial charge is 0.336 e. The third-order valence-electron chi connectivity index (χ3n) is 2.27. The SMILES string of the molecule is CC(C)NC(=O)Nc1cc(C(F)(F)F)cc(C(F)(F)F)c1. The van der Waals surface area contributed by atoms with E-state index in [0.29, 0.717) is 12.1 Å². The van der Waals surface area contributed by atoms with Gasteiger partial charge < -0.3 is 10.6 Å². The number of anilines is 1. The highest BCUT2D eigenvalue weighted by Gasteiger charge is 2.37. The zero-order valence-corrected chi connectivity index (χ0v) is 11.0. The van der Waals surface area contributed by atoms with Crippen molar-refractivity contribution in [2.45, 2.75) is 32.2 Å². The number of benzene rings is 1. The van der Waals surface area contributed by atoms with Gasteiger partial charge >= 0.3 is 18.4 Å². The summed E-state index contributed by atoms with van der Waals surface area (Å²) in [5.41, 5.74) is -3.57. The molecule has 0 aliphatic heterocycles. The summed E-state index contributed by atoms with van der Waals surface area (Å²) in [5, 5.41) is 4.24. The topological polar surface area (TPSA) is 41.1 Å². The minimum atomic E-state index is -4.95. The van der Waals surface area contributed by atoms with Gasteiger partial charge in [0.15, 0.2) is 0 Å². The summed E-state index contributed by atoms with van der Waals surface area (Å²) in [7, 11) is 0. The van der Waals surface area contributed by atoms with Gasteiger partial charge in [-0.2, -0.15) is 26.3 Å². The van der Waals surface area contributed by atoms with Crippen molar-refractivity contribution in [3.63, 3.8) is 0 Å². The molecule has 0 bridgehead atoms. The first-order chi connectivity index (χ1) is 9.39. The average molecular weight is 314 g/mol. The van der Waals surface area contributed by atoms with Crippen LogP contribution in [0.3, 0.4) is 0 Å². The van der Waals surface area contributed by atoms with Crippen molar-refractivity contribution in [3.8, 4) is 0 Å². The molecule has 0 aliphatic carbocycles. The molecular formula is C12H12F6N2O. The molecule has 0 saturated carbocycles. The lowest BCUT2D eigenvalue weighted by atomic mass is 10.1. The summed E-state index contributed by atoms with van der Waals surface area (Å²) >= 11 is 0. The number of urea groups is 1. The van der Waals surface area contributed by atoms with E-state index in [0.717, 1.165) is 0 Å². The molecule has 0 fully saturated rings. The van der Waals surface area contributed by atoms with E-state index in [9.17, 15) is 31.1 Å². The van der Waals surface area contributed by atoms with E-state index in [2.05, 4.69) is 5.32 Å². The van der Waals surface area contributed by atoms with Gasteiger partial charge in [-0.05, 0) is 32.0 Å². The Morgan fingerprint density at radius 3 is 1.71 bits per heavy atom. The quantitative estimate of drug-likeness (QED) is 0.787. The van der Waals surface area contributed by atoms with Gasteiger partial charge in [0.25, 0.3) is 0 Å². The van der Waals surface area contributed by atoms with E-state index in [1.54, 1.807) is 13.8 Å². The Hall–Kier alpha value is -1.93. The van der Waals surface area contributed by atoms with Crippen LogP contribution in [0.15, 0.2) is 18.2 Å². The first-order valence-electron chi connectivity index (χ1n) is 5.76. The maximum absolute atomic E-state index is 12.6. The number of nitrogens with one attached hydrogen (secondary N) is 2. The van der Waals surface area contributed by atoms with Gasteiger partial charge in [-0.25, -0.2) is 4.79 Å².